The minimum atomic E-state index is -4.71. The van der Waals surface area contributed by atoms with Crippen LogP contribution in [0.15, 0.2) is 42.5 Å². The molecule has 4 N–H and O–H groups in total. The van der Waals surface area contributed by atoms with E-state index in [0.29, 0.717) is 10.7 Å². The summed E-state index contributed by atoms with van der Waals surface area (Å²) in [5, 5.41) is 15.8. The fraction of sp³-hybridized carbons (Fsp3) is 0.276. The molecular weight excluding hydrogens is 645 g/mol. The molecule has 4 rings (SSSR count). The normalized spacial score (nSPS) is 13.3. The third-order valence-corrected chi connectivity index (χ3v) is 7.68. The predicted octanol–water partition coefficient (Wildman–Crippen LogP) is 5.98. The summed E-state index contributed by atoms with van der Waals surface area (Å²) in [4.78, 5) is 16.4. The van der Waals surface area contributed by atoms with Crippen LogP contribution in [0.3, 0.4) is 0 Å². The van der Waals surface area contributed by atoms with Crippen LogP contribution >= 0.6 is 11.6 Å². The largest absolute Gasteiger partial charge is 0.772 e. The summed E-state index contributed by atoms with van der Waals surface area (Å²) in [7, 11) is 0. The van der Waals surface area contributed by atoms with Crippen LogP contribution in [0.5, 0.6) is 0 Å². The van der Waals surface area contributed by atoms with E-state index in [2.05, 4.69) is 27.2 Å². The Labute approximate surface area is 260 Å². The molecule has 0 radical (unpaired) electrons. The number of anilines is 1. The van der Waals surface area contributed by atoms with Gasteiger partial charge in [-0.15, -0.1) is 0 Å². The first-order chi connectivity index (χ1) is 20.9. The Balaban J connectivity index is 2.00. The van der Waals surface area contributed by atoms with Gasteiger partial charge < -0.3 is 20.7 Å². The number of pyridine rings is 1. The van der Waals surface area contributed by atoms with Gasteiger partial charge in [-0.25, -0.2) is 18.6 Å². The topological polar surface area (TPSA) is 146 Å². The summed E-state index contributed by atoms with van der Waals surface area (Å²) in [6, 6.07) is 6.90. The summed E-state index contributed by atoms with van der Waals surface area (Å²) in [6.07, 6.45) is -6.58. The molecule has 0 aliphatic heterocycles. The number of carboxylic acid groups (broad SMARTS) is 1. The van der Waals surface area contributed by atoms with Crippen molar-refractivity contribution in [2.45, 2.75) is 39.0 Å². The zero-order valence-electron chi connectivity index (χ0n) is 23.5. The lowest BCUT2D eigenvalue weighted by Crippen LogP contribution is -2.30. The lowest BCUT2D eigenvalue weighted by atomic mass is 9.93. The average Bonchev–Trinajstić information content (AvgIpc) is 3.20. The second kappa shape index (κ2) is 13.0. The standard InChI is InChI=1S/C29H25ClF5N5O4S/c1-28(2,14-45(43)44)8-7-18-3-4-19(20-5-6-21(30)23-25(20)40(39-26(23)36)13-29(33,34)35)24(37-18)22(38-27(41)42)11-15-9-16(31)12-17(32)10-15/h3-6,9-10,12,22,38H,11,13-14H2,1-2H3,(H2,36,39)(H,41,42)(H,43,44)/p-1/t22-/m0/s1. The van der Waals surface area contributed by atoms with E-state index in [1.165, 1.54) is 24.3 Å². The van der Waals surface area contributed by atoms with E-state index < -0.39 is 53.0 Å². The smallest absolute Gasteiger partial charge is 0.408 e. The number of aromatic nitrogens is 3. The summed E-state index contributed by atoms with van der Waals surface area (Å²) < 4.78 is 91.9. The van der Waals surface area contributed by atoms with Crippen molar-refractivity contribution >= 4 is 45.5 Å². The highest BCUT2D eigenvalue weighted by molar-refractivity contribution is 7.79. The fourth-order valence-corrected chi connectivity index (χ4v) is 5.65. The quantitative estimate of drug-likeness (QED) is 0.119. The van der Waals surface area contributed by atoms with E-state index in [1.54, 1.807) is 13.8 Å². The lowest BCUT2D eigenvalue weighted by molar-refractivity contribution is -0.141. The van der Waals surface area contributed by atoms with Gasteiger partial charge in [0.15, 0.2) is 5.82 Å². The maximum atomic E-state index is 14.1. The molecule has 0 aliphatic carbocycles. The van der Waals surface area contributed by atoms with Crippen LogP contribution < -0.4 is 11.1 Å². The van der Waals surface area contributed by atoms with Crippen LogP contribution in [-0.4, -0.2) is 46.7 Å². The third kappa shape index (κ3) is 8.47. The molecule has 16 heteroatoms. The van der Waals surface area contributed by atoms with Gasteiger partial charge in [0.05, 0.1) is 27.7 Å². The van der Waals surface area contributed by atoms with Crippen molar-refractivity contribution in [3.63, 3.8) is 0 Å². The van der Waals surface area contributed by atoms with Gasteiger partial charge in [-0.05, 0) is 62.1 Å². The Kier molecular flexibility index (Phi) is 9.71. The van der Waals surface area contributed by atoms with Crippen LogP contribution in [0.2, 0.25) is 5.02 Å². The van der Waals surface area contributed by atoms with Gasteiger partial charge in [0.25, 0.3) is 0 Å². The van der Waals surface area contributed by atoms with Gasteiger partial charge in [0.2, 0.25) is 0 Å². The molecule has 1 unspecified atom stereocenters. The van der Waals surface area contributed by atoms with Crippen molar-refractivity contribution in [3.05, 3.63) is 76.1 Å². The van der Waals surface area contributed by atoms with Crippen molar-refractivity contribution < 1.29 is 40.6 Å². The number of nitrogens with one attached hydrogen (secondary N) is 1. The zero-order chi connectivity index (χ0) is 33.3. The van der Waals surface area contributed by atoms with Crippen molar-refractivity contribution in [1.29, 1.82) is 0 Å². The predicted molar refractivity (Wildman–Crippen MR) is 157 cm³/mol. The second-order valence-electron chi connectivity index (χ2n) is 10.7. The first-order valence-electron chi connectivity index (χ1n) is 13.0. The summed E-state index contributed by atoms with van der Waals surface area (Å²) in [5.74, 6) is 3.13. The summed E-state index contributed by atoms with van der Waals surface area (Å²) >= 11 is 3.90. The lowest BCUT2D eigenvalue weighted by Gasteiger charge is -2.22. The van der Waals surface area contributed by atoms with Crippen LogP contribution in [0.1, 0.15) is 36.8 Å². The van der Waals surface area contributed by atoms with Crippen LogP contribution in [0.4, 0.5) is 32.6 Å². The number of nitrogen functional groups attached to an aromatic ring is 1. The van der Waals surface area contributed by atoms with E-state index in [9.17, 15) is 40.6 Å². The van der Waals surface area contributed by atoms with Gasteiger partial charge >= 0.3 is 12.3 Å². The van der Waals surface area contributed by atoms with Gasteiger partial charge in [-0.3, -0.25) is 8.89 Å². The molecule has 0 saturated heterocycles. The minimum Gasteiger partial charge on any atom is -0.772 e. The first kappa shape index (κ1) is 33.6. The molecule has 1 amide bonds. The Morgan fingerprint density at radius 3 is 2.40 bits per heavy atom. The second-order valence-corrected chi connectivity index (χ2v) is 12.0. The van der Waals surface area contributed by atoms with E-state index in [4.69, 9.17) is 17.3 Å². The highest BCUT2D eigenvalue weighted by atomic mass is 35.5. The van der Waals surface area contributed by atoms with Crippen molar-refractivity contribution in [3.8, 4) is 23.0 Å². The number of benzene rings is 2. The van der Waals surface area contributed by atoms with Gasteiger partial charge in [0, 0.05) is 28.4 Å². The number of amides is 1. The number of alkyl halides is 3. The SMILES string of the molecule is CC(C)(C#Cc1ccc(-c2ccc(Cl)c3c(N)nn(CC(F)(F)F)c23)c([C@H](Cc2cc(F)cc(F)c2)NC(=O)O)n1)CS(=O)[O-]. The van der Waals surface area contributed by atoms with E-state index in [-0.39, 0.29) is 62.0 Å². The molecule has 2 heterocycles. The maximum Gasteiger partial charge on any atom is 0.408 e. The number of hydrogen-bond acceptors (Lipinski definition) is 6. The monoisotopic (exact) mass is 668 g/mol. The molecule has 2 aromatic carbocycles. The summed E-state index contributed by atoms with van der Waals surface area (Å²) in [6.45, 7) is 1.62. The minimum absolute atomic E-state index is 0.00473. The van der Waals surface area contributed by atoms with Gasteiger partial charge in [-0.2, -0.15) is 18.3 Å². The molecular formula is C29H24ClF5N5O4S-. The molecule has 2 aromatic heterocycles. The Morgan fingerprint density at radius 1 is 1.16 bits per heavy atom. The fourth-order valence-electron chi connectivity index (χ4n) is 4.74. The summed E-state index contributed by atoms with van der Waals surface area (Å²) in [5.41, 5.74) is 5.06. The number of rotatable bonds is 8. The molecule has 4 aromatic rings. The molecule has 0 spiro atoms. The van der Waals surface area contributed by atoms with Crippen LogP contribution in [-0.2, 0) is 24.0 Å². The van der Waals surface area contributed by atoms with Gasteiger partial charge in [0.1, 0.15) is 23.9 Å². The van der Waals surface area contributed by atoms with E-state index in [0.717, 1.165) is 12.1 Å². The number of nitrogens with zero attached hydrogens (tertiary/aromatic N) is 3. The number of fused-ring (bicyclic) bond motifs is 1. The van der Waals surface area contributed by atoms with E-state index >= 15 is 0 Å². The van der Waals surface area contributed by atoms with Crippen molar-refractivity contribution in [2.24, 2.45) is 5.41 Å². The van der Waals surface area contributed by atoms with Crippen LogP contribution in [0, 0.1) is 28.9 Å². The number of carbonyl (C=O) groups is 1. The maximum absolute atomic E-state index is 14.1. The van der Waals surface area contributed by atoms with Crippen molar-refractivity contribution in [1.82, 2.24) is 20.1 Å². The third-order valence-electron chi connectivity index (χ3n) is 6.41. The number of halogens is 6. The Bertz CT molecular complexity index is 1850. The molecule has 0 aliphatic rings. The highest BCUT2D eigenvalue weighted by Crippen LogP contribution is 2.40. The Morgan fingerprint density at radius 2 is 1.80 bits per heavy atom. The molecule has 0 bridgehead atoms. The molecule has 238 valence electrons. The van der Waals surface area contributed by atoms with Gasteiger partial charge in [-0.1, -0.05) is 34.7 Å². The Hall–Kier alpha value is -4.26. The first-order valence-corrected chi connectivity index (χ1v) is 14.6. The molecule has 45 heavy (non-hydrogen) atoms. The van der Waals surface area contributed by atoms with Crippen LogP contribution in [0.25, 0.3) is 22.0 Å². The highest BCUT2D eigenvalue weighted by Gasteiger charge is 2.32. The number of nitrogens with two attached hydrogens (primary N) is 1. The van der Waals surface area contributed by atoms with Crippen molar-refractivity contribution in [2.75, 3.05) is 11.5 Å². The molecule has 9 nitrogen and oxygen atoms in total. The average molecular weight is 669 g/mol. The zero-order valence-corrected chi connectivity index (χ0v) is 25.1. The molecule has 0 saturated carbocycles. The van der Waals surface area contributed by atoms with E-state index in [1.807, 2.05) is 0 Å². The number of hydrogen-bond donors (Lipinski definition) is 3. The molecule has 2 atom stereocenters. The molecule has 0 fully saturated rings.